The molecular weight excluding hydrogens is 356 g/mol. The lowest BCUT2D eigenvalue weighted by Crippen LogP contribution is -2.49. The van der Waals surface area contributed by atoms with E-state index in [1.165, 1.54) is 74.5 Å². The Bertz CT molecular complexity index is 1020. The summed E-state index contributed by atoms with van der Waals surface area (Å²) in [5.74, 6) is 3.28. The van der Waals surface area contributed by atoms with Gasteiger partial charge in [0.2, 0.25) is 5.96 Å². The molecule has 0 radical (unpaired) electrons. The van der Waals surface area contributed by atoms with Gasteiger partial charge in [0, 0.05) is 29.4 Å². The molecule has 4 nitrogen and oxygen atoms in total. The van der Waals surface area contributed by atoms with E-state index in [0.717, 1.165) is 0 Å². The summed E-state index contributed by atoms with van der Waals surface area (Å²) in [5, 5.41) is 0. The molecule has 0 spiro atoms. The molecule has 4 heteroatoms. The van der Waals surface area contributed by atoms with Crippen molar-refractivity contribution in [2.75, 3.05) is 4.90 Å². The van der Waals surface area contributed by atoms with E-state index >= 15 is 0 Å². The number of nitrogens with zero attached hydrogens (tertiary/aromatic N) is 4. The lowest BCUT2D eigenvalue weighted by Gasteiger charge is -2.41. The van der Waals surface area contributed by atoms with Crippen molar-refractivity contribution in [3.8, 4) is 0 Å². The normalized spacial score (nSPS) is 32.3. The average molecular weight is 385 g/mol. The Morgan fingerprint density at radius 1 is 0.759 bits per heavy atom. The van der Waals surface area contributed by atoms with E-state index < -0.39 is 0 Å². The second-order valence-electron chi connectivity index (χ2n) is 9.38. The van der Waals surface area contributed by atoms with Crippen molar-refractivity contribution >= 4 is 17.2 Å². The monoisotopic (exact) mass is 384 g/mol. The van der Waals surface area contributed by atoms with Crippen LogP contribution in [0.15, 0.2) is 59.5 Å². The van der Waals surface area contributed by atoms with E-state index in [2.05, 4.69) is 63.0 Å². The number of benzene rings is 1. The maximum atomic E-state index is 5.30. The molecule has 29 heavy (non-hydrogen) atoms. The summed E-state index contributed by atoms with van der Waals surface area (Å²) in [6, 6.07) is 17.3. The third kappa shape index (κ3) is 2.12. The average Bonchev–Trinajstić information content (AvgIpc) is 3.47. The largest absolute Gasteiger partial charge is 0.324 e. The van der Waals surface area contributed by atoms with Crippen molar-refractivity contribution in [2.45, 2.75) is 69.5 Å². The molecule has 7 rings (SSSR count). The van der Waals surface area contributed by atoms with Gasteiger partial charge in [-0.05, 0) is 49.9 Å². The van der Waals surface area contributed by atoms with Gasteiger partial charge < -0.3 is 4.90 Å². The summed E-state index contributed by atoms with van der Waals surface area (Å²) in [4.78, 5) is 10.7. The van der Waals surface area contributed by atoms with Gasteiger partial charge >= 0.3 is 0 Å². The molecule has 2 aliphatic carbocycles. The van der Waals surface area contributed by atoms with Crippen LogP contribution in [0.2, 0.25) is 0 Å². The van der Waals surface area contributed by atoms with E-state index in [-0.39, 0.29) is 0 Å². The Kier molecular flexibility index (Phi) is 3.38. The molecule has 2 saturated carbocycles. The van der Waals surface area contributed by atoms with E-state index in [1.54, 1.807) is 5.57 Å². The molecule has 0 bridgehead atoms. The SMILES string of the molecule is c1ccc(N2C3=C(c4cccn4C4=NC5CCCCC5N43)C3CCCCC32)cc1. The van der Waals surface area contributed by atoms with Crippen LogP contribution >= 0.6 is 0 Å². The first-order valence-electron chi connectivity index (χ1n) is 11.6. The predicted molar refractivity (Wildman–Crippen MR) is 117 cm³/mol. The van der Waals surface area contributed by atoms with Crippen LogP contribution in [0.3, 0.4) is 0 Å². The first-order chi connectivity index (χ1) is 14.4. The Balaban J connectivity index is 1.48. The molecule has 1 aromatic carbocycles. The highest BCUT2D eigenvalue weighted by atomic mass is 15.5. The molecule has 4 atom stereocenters. The van der Waals surface area contributed by atoms with Crippen LogP contribution in [-0.2, 0) is 0 Å². The summed E-state index contributed by atoms with van der Waals surface area (Å²) in [6.45, 7) is 0. The van der Waals surface area contributed by atoms with Crippen molar-refractivity contribution in [2.24, 2.45) is 10.9 Å². The van der Waals surface area contributed by atoms with E-state index in [1.807, 2.05) is 0 Å². The minimum absolute atomic E-state index is 0.459. The maximum absolute atomic E-state index is 5.30. The summed E-state index contributed by atoms with van der Waals surface area (Å²) in [7, 11) is 0. The van der Waals surface area contributed by atoms with Gasteiger partial charge in [0.1, 0.15) is 5.82 Å². The summed E-state index contributed by atoms with van der Waals surface area (Å²) >= 11 is 0. The molecule has 5 aliphatic rings. The zero-order chi connectivity index (χ0) is 18.9. The van der Waals surface area contributed by atoms with Crippen molar-refractivity contribution in [3.63, 3.8) is 0 Å². The van der Waals surface area contributed by atoms with Gasteiger partial charge in [-0.25, -0.2) is 4.99 Å². The van der Waals surface area contributed by atoms with Gasteiger partial charge in [0.05, 0.1) is 17.8 Å². The second kappa shape index (κ2) is 6.01. The molecule has 1 aromatic heterocycles. The fourth-order valence-electron chi connectivity index (χ4n) is 6.77. The smallest absolute Gasteiger partial charge is 0.211 e. The quantitative estimate of drug-likeness (QED) is 0.685. The summed E-state index contributed by atoms with van der Waals surface area (Å²) in [6.07, 6.45) is 12.7. The number of rotatable bonds is 1. The zero-order valence-corrected chi connectivity index (χ0v) is 16.9. The van der Waals surface area contributed by atoms with Crippen LogP contribution < -0.4 is 4.90 Å². The minimum atomic E-state index is 0.459. The molecule has 2 aromatic rings. The van der Waals surface area contributed by atoms with Crippen LogP contribution in [0.5, 0.6) is 0 Å². The van der Waals surface area contributed by atoms with Crippen LogP contribution in [0.1, 0.15) is 57.1 Å². The highest BCUT2D eigenvalue weighted by Crippen LogP contribution is 2.53. The third-order valence-corrected chi connectivity index (χ3v) is 7.93. The Morgan fingerprint density at radius 3 is 2.45 bits per heavy atom. The second-order valence-corrected chi connectivity index (χ2v) is 9.38. The fourth-order valence-corrected chi connectivity index (χ4v) is 6.77. The highest BCUT2D eigenvalue weighted by Gasteiger charge is 2.53. The van der Waals surface area contributed by atoms with E-state index in [4.69, 9.17) is 4.99 Å². The first kappa shape index (κ1) is 16.3. The van der Waals surface area contributed by atoms with Gasteiger partial charge in [-0.1, -0.05) is 43.9 Å². The zero-order valence-electron chi connectivity index (χ0n) is 16.9. The predicted octanol–water partition coefficient (Wildman–Crippen LogP) is 5.08. The van der Waals surface area contributed by atoms with Gasteiger partial charge in [0.25, 0.3) is 0 Å². The fraction of sp³-hybridized carbons (Fsp3) is 0.480. The van der Waals surface area contributed by atoms with Crippen molar-refractivity contribution in [1.29, 1.82) is 0 Å². The molecule has 4 heterocycles. The maximum Gasteiger partial charge on any atom is 0.211 e. The van der Waals surface area contributed by atoms with Crippen molar-refractivity contribution in [3.05, 3.63) is 60.2 Å². The van der Waals surface area contributed by atoms with Crippen LogP contribution in [0.25, 0.3) is 5.57 Å². The van der Waals surface area contributed by atoms with Crippen molar-refractivity contribution in [1.82, 2.24) is 9.47 Å². The number of hydrogen-bond acceptors (Lipinski definition) is 3. The van der Waals surface area contributed by atoms with Crippen molar-refractivity contribution < 1.29 is 0 Å². The van der Waals surface area contributed by atoms with Gasteiger partial charge in [-0.2, -0.15) is 0 Å². The highest BCUT2D eigenvalue weighted by molar-refractivity contribution is 5.97. The molecule has 0 saturated heterocycles. The third-order valence-electron chi connectivity index (χ3n) is 7.93. The topological polar surface area (TPSA) is 23.8 Å². The van der Waals surface area contributed by atoms with E-state index in [9.17, 15) is 0 Å². The number of aromatic nitrogens is 1. The van der Waals surface area contributed by atoms with Gasteiger partial charge in [-0.15, -0.1) is 0 Å². The standard InChI is InChI=1S/C25H28N4/c1-2-9-17(10-3-1)28-20-13-6-4-11-18(20)23-22-15-8-16-27(22)25-26-19-12-5-7-14-21(19)29(25)24(23)28/h1-3,8-10,15-16,18-21H,4-7,11-14H2. The number of hydrogen-bond donors (Lipinski definition) is 0. The lowest BCUT2D eigenvalue weighted by molar-refractivity contribution is 0.272. The van der Waals surface area contributed by atoms with Gasteiger partial charge in [-0.3, -0.25) is 9.47 Å². The summed E-state index contributed by atoms with van der Waals surface area (Å²) in [5.41, 5.74) is 4.34. The number of anilines is 1. The molecule has 0 amide bonds. The molecule has 148 valence electrons. The van der Waals surface area contributed by atoms with Crippen LogP contribution in [0.4, 0.5) is 5.69 Å². The lowest BCUT2D eigenvalue weighted by atomic mass is 9.80. The minimum Gasteiger partial charge on any atom is -0.324 e. The van der Waals surface area contributed by atoms with Crippen LogP contribution in [-0.4, -0.2) is 33.6 Å². The Hall–Kier alpha value is -2.49. The number of fused-ring (bicyclic) bond motifs is 9. The first-order valence-corrected chi connectivity index (χ1v) is 11.6. The summed E-state index contributed by atoms with van der Waals surface area (Å²) < 4.78 is 2.40. The van der Waals surface area contributed by atoms with E-state index in [0.29, 0.717) is 24.0 Å². The molecule has 0 N–H and O–H groups in total. The number of para-hydroxylation sites is 1. The molecule has 4 unspecified atom stereocenters. The Labute approximate surface area is 172 Å². The number of aliphatic imine (C=N–C) groups is 1. The molecule has 2 fully saturated rings. The Morgan fingerprint density at radius 2 is 1.55 bits per heavy atom. The van der Waals surface area contributed by atoms with Gasteiger partial charge in [0.15, 0.2) is 0 Å². The molecule has 3 aliphatic heterocycles. The molecular formula is C25H28N4. The van der Waals surface area contributed by atoms with Crippen LogP contribution in [0, 0.1) is 5.92 Å².